The summed E-state index contributed by atoms with van der Waals surface area (Å²) in [7, 11) is 1.95. The summed E-state index contributed by atoms with van der Waals surface area (Å²) in [5, 5.41) is 4.38. The average Bonchev–Trinajstić information content (AvgIpc) is 2.56. The Bertz CT molecular complexity index is 563. The number of benzene rings is 1. The predicted molar refractivity (Wildman–Crippen MR) is 80.4 cm³/mol. The van der Waals surface area contributed by atoms with Crippen molar-refractivity contribution in [3.63, 3.8) is 0 Å². The van der Waals surface area contributed by atoms with Crippen LogP contribution in [0.2, 0.25) is 0 Å². The van der Waals surface area contributed by atoms with Gasteiger partial charge in [-0.25, -0.2) is 0 Å². The molecule has 1 aromatic carbocycles. The monoisotopic (exact) mass is 371 g/mol. The van der Waals surface area contributed by atoms with Gasteiger partial charge in [-0.1, -0.05) is 28.1 Å². The molecule has 2 aromatic rings. The highest BCUT2D eigenvalue weighted by molar-refractivity contribution is 9.10. The van der Waals surface area contributed by atoms with Crippen LogP contribution < -0.4 is 5.73 Å². The molecule has 0 saturated heterocycles. The molecule has 2 N–H and O–H groups in total. The molecule has 1 unspecified atom stereocenters. The van der Waals surface area contributed by atoms with Crippen LogP contribution >= 0.6 is 31.9 Å². The number of hydrogen-bond acceptors (Lipinski definition) is 2. The Kier molecular flexibility index (Phi) is 4.25. The molecule has 0 radical (unpaired) electrons. The van der Waals surface area contributed by atoms with Crippen LogP contribution in [0.5, 0.6) is 0 Å². The standard InChI is InChI=1S/C13H15Br2N3/c1-8-13(15)12(18(2)17-8)7-11(16)9-4-3-5-10(14)6-9/h3-6,11H,7,16H2,1-2H3. The number of rotatable bonds is 3. The Labute approximate surface area is 124 Å². The topological polar surface area (TPSA) is 43.8 Å². The Hall–Kier alpha value is -0.650. The van der Waals surface area contributed by atoms with E-state index in [0.717, 1.165) is 32.3 Å². The van der Waals surface area contributed by atoms with Gasteiger partial charge in [-0.15, -0.1) is 0 Å². The Morgan fingerprint density at radius 1 is 1.39 bits per heavy atom. The lowest BCUT2D eigenvalue weighted by Crippen LogP contribution is -2.15. The van der Waals surface area contributed by atoms with Crippen molar-refractivity contribution < 1.29 is 0 Å². The van der Waals surface area contributed by atoms with E-state index >= 15 is 0 Å². The van der Waals surface area contributed by atoms with Gasteiger partial charge in [0.1, 0.15) is 0 Å². The van der Waals surface area contributed by atoms with Crippen LogP contribution in [-0.2, 0) is 13.5 Å². The van der Waals surface area contributed by atoms with Crippen molar-refractivity contribution in [2.24, 2.45) is 12.8 Å². The van der Waals surface area contributed by atoms with Crippen molar-refractivity contribution in [1.82, 2.24) is 9.78 Å². The van der Waals surface area contributed by atoms with Crippen molar-refractivity contribution in [3.8, 4) is 0 Å². The third-order valence-electron chi connectivity index (χ3n) is 2.95. The summed E-state index contributed by atoms with van der Waals surface area (Å²) in [4.78, 5) is 0. The number of halogens is 2. The second-order valence-electron chi connectivity index (χ2n) is 4.34. The summed E-state index contributed by atoms with van der Waals surface area (Å²) in [6, 6.07) is 8.07. The van der Waals surface area contributed by atoms with Crippen LogP contribution in [0.15, 0.2) is 33.2 Å². The second-order valence-corrected chi connectivity index (χ2v) is 6.04. The van der Waals surface area contributed by atoms with E-state index in [1.165, 1.54) is 0 Å². The minimum Gasteiger partial charge on any atom is -0.324 e. The van der Waals surface area contributed by atoms with E-state index in [-0.39, 0.29) is 6.04 Å². The van der Waals surface area contributed by atoms with Crippen molar-refractivity contribution in [2.45, 2.75) is 19.4 Å². The average molecular weight is 373 g/mol. The van der Waals surface area contributed by atoms with Gasteiger partial charge in [0.2, 0.25) is 0 Å². The van der Waals surface area contributed by atoms with Crippen LogP contribution in [0.4, 0.5) is 0 Å². The van der Waals surface area contributed by atoms with Gasteiger partial charge >= 0.3 is 0 Å². The summed E-state index contributed by atoms with van der Waals surface area (Å²) in [5.74, 6) is 0. The first kappa shape index (κ1) is 13.8. The molecular formula is C13H15Br2N3. The largest absolute Gasteiger partial charge is 0.324 e. The zero-order chi connectivity index (χ0) is 13.3. The molecule has 1 atom stereocenters. The Morgan fingerprint density at radius 3 is 2.67 bits per heavy atom. The highest BCUT2D eigenvalue weighted by atomic mass is 79.9. The SMILES string of the molecule is Cc1nn(C)c(CC(N)c2cccc(Br)c2)c1Br. The molecule has 0 bridgehead atoms. The van der Waals surface area contributed by atoms with Crippen LogP contribution in [0, 0.1) is 6.92 Å². The molecule has 0 aliphatic rings. The van der Waals surface area contributed by atoms with Gasteiger partial charge < -0.3 is 5.73 Å². The van der Waals surface area contributed by atoms with E-state index in [1.807, 2.05) is 36.9 Å². The van der Waals surface area contributed by atoms with Crippen molar-refractivity contribution >= 4 is 31.9 Å². The van der Waals surface area contributed by atoms with E-state index in [9.17, 15) is 0 Å². The molecule has 2 rings (SSSR count). The van der Waals surface area contributed by atoms with Gasteiger partial charge in [0.05, 0.1) is 15.9 Å². The third kappa shape index (κ3) is 2.84. The van der Waals surface area contributed by atoms with Crippen molar-refractivity contribution in [1.29, 1.82) is 0 Å². The molecule has 0 spiro atoms. The molecule has 3 nitrogen and oxygen atoms in total. The fraction of sp³-hybridized carbons (Fsp3) is 0.308. The molecule has 1 heterocycles. The van der Waals surface area contributed by atoms with E-state index in [1.54, 1.807) is 0 Å². The molecule has 0 aliphatic heterocycles. The summed E-state index contributed by atoms with van der Waals surface area (Å²) >= 11 is 7.03. The highest BCUT2D eigenvalue weighted by Gasteiger charge is 2.15. The summed E-state index contributed by atoms with van der Waals surface area (Å²) in [6.45, 7) is 1.98. The smallest absolute Gasteiger partial charge is 0.0738 e. The van der Waals surface area contributed by atoms with Crippen LogP contribution in [0.3, 0.4) is 0 Å². The van der Waals surface area contributed by atoms with Gasteiger partial charge in [-0.2, -0.15) is 5.10 Å². The van der Waals surface area contributed by atoms with E-state index < -0.39 is 0 Å². The third-order valence-corrected chi connectivity index (χ3v) is 4.48. The summed E-state index contributed by atoms with van der Waals surface area (Å²) in [6.07, 6.45) is 0.758. The number of aryl methyl sites for hydroxylation is 2. The van der Waals surface area contributed by atoms with E-state index in [4.69, 9.17) is 5.73 Å². The first-order chi connectivity index (χ1) is 8.49. The lowest BCUT2D eigenvalue weighted by atomic mass is 10.0. The first-order valence-corrected chi connectivity index (χ1v) is 7.26. The maximum Gasteiger partial charge on any atom is 0.0738 e. The Balaban J connectivity index is 2.24. The van der Waals surface area contributed by atoms with Gasteiger partial charge in [0, 0.05) is 24.0 Å². The lowest BCUT2D eigenvalue weighted by molar-refractivity contribution is 0.638. The highest BCUT2D eigenvalue weighted by Crippen LogP contribution is 2.25. The zero-order valence-electron chi connectivity index (χ0n) is 10.3. The molecule has 0 aliphatic carbocycles. The van der Waals surface area contributed by atoms with Gasteiger partial charge in [-0.3, -0.25) is 4.68 Å². The molecule has 0 fully saturated rings. The maximum absolute atomic E-state index is 6.26. The van der Waals surface area contributed by atoms with Crippen LogP contribution in [-0.4, -0.2) is 9.78 Å². The van der Waals surface area contributed by atoms with E-state index in [2.05, 4.69) is 43.0 Å². The molecule has 5 heteroatoms. The van der Waals surface area contributed by atoms with Crippen molar-refractivity contribution in [3.05, 3.63) is 50.2 Å². The predicted octanol–water partition coefficient (Wildman–Crippen LogP) is 3.50. The van der Waals surface area contributed by atoms with Gasteiger partial charge in [0.25, 0.3) is 0 Å². The lowest BCUT2D eigenvalue weighted by Gasteiger charge is -2.13. The number of nitrogens with two attached hydrogens (primary N) is 1. The molecule has 96 valence electrons. The van der Waals surface area contributed by atoms with Gasteiger partial charge in [-0.05, 0) is 40.5 Å². The molecule has 18 heavy (non-hydrogen) atoms. The molecule has 0 saturated carbocycles. The molecule has 0 amide bonds. The minimum atomic E-state index is -0.0337. The quantitative estimate of drug-likeness (QED) is 0.895. The Morgan fingerprint density at radius 2 is 2.11 bits per heavy atom. The number of aromatic nitrogens is 2. The van der Waals surface area contributed by atoms with Crippen LogP contribution in [0.25, 0.3) is 0 Å². The molecule has 1 aromatic heterocycles. The maximum atomic E-state index is 6.26. The molecular weight excluding hydrogens is 358 g/mol. The zero-order valence-corrected chi connectivity index (χ0v) is 13.5. The number of nitrogens with zero attached hydrogens (tertiary/aromatic N) is 2. The normalized spacial score (nSPS) is 12.7. The number of hydrogen-bond donors (Lipinski definition) is 1. The second kappa shape index (κ2) is 5.55. The van der Waals surface area contributed by atoms with Crippen LogP contribution in [0.1, 0.15) is 23.0 Å². The minimum absolute atomic E-state index is 0.0337. The fourth-order valence-electron chi connectivity index (χ4n) is 1.97. The van der Waals surface area contributed by atoms with Crippen molar-refractivity contribution in [2.75, 3.05) is 0 Å². The van der Waals surface area contributed by atoms with E-state index in [0.29, 0.717) is 0 Å². The fourth-order valence-corrected chi connectivity index (χ4v) is 2.88. The summed E-state index contributed by atoms with van der Waals surface area (Å²) in [5.41, 5.74) is 9.50. The first-order valence-electron chi connectivity index (χ1n) is 5.68. The van der Waals surface area contributed by atoms with Gasteiger partial charge in [0.15, 0.2) is 0 Å². The summed E-state index contributed by atoms with van der Waals surface area (Å²) < 4.78 is 3.99.